The lowest BCUT2D eigenvalue weighted by molar-refractivity contribution is -0.140. The second-order valence-electron chi connectivity index (χ2n) is 5.61. The van der Waals surface area contributed by atoms with Crippen molar-refractivity contribution in [3.8, 4) is 0 Å². The highest BCUT2D eigenvalue weighted by Gasteiger charge is 2.34. The van der Waals surface area contributed by atoms with E-state index in [0.29, 0.717) is 12.5 Å². The van der Waals surface area contributed by atoms with E-state index in [4.69, 9.17) is 0 Å². The molecule has 2 N–H and O–H groups in total. The summed E-state index contributed by atoms with van der Waals surface area (Å²) in [6, 6.07) is 3.39. The van der Waals surface area contributed by atoms with Crippen LogP contribution in [0.4, 0.5) is 17.6 Å². The molecule has 0 aliphatic heterocycles. The highest BCUT2D eigenvalue weighted by atomic mass is 19.4. The van der Waals surface area contributed by atoms with E-state index in [1.807, 2.05) is 6.92 Å². The average molecular weight is 306 g/mol. The Kier molecular flexibility index (Phi) is 6.61. The van der Waals surface area contributed by atoms with Gasteiger partial charge in [0.1, 0.15) is 5.82 Å². The third-order valence-electron chi connectivity index (χ3n) is 3.03. The van der Waals surface area contributed by atoms with Gasteiger partial charge in [-0.25, -0.2) is 4.39 Å². The SMILES string of the molecule is CC(C)CNCC(C)NCc1cccc(C(F)(F)F)c1F. The Morgan fingerprint density at radius 2 is 1.76 bits per heavy atom. The first-order valence-electron chi connectivity index (χ1n) is 7.00. The topological polar surface area (TPSA) is 24.1 Å². The molecule has 0 heterocycles. The summed E-state index contributed by atoms with van der Waals surface area (Å²) in [6.07, 6.45) is -4.66. The van der Waals surface area contributed by atoms with Crippen LogP contribution in [0.15, 0.2) is 18.2 Å². The fourth-order valence-electron chi connectivity index (χ4n) is 1.88. The summed E-state index contributed by atoms with van der Waals surface area (Å²) in [5.41, 5.74) is -1.19. The first-order chi connectivity index (χ1) is 9.71. The Labute approximate surface area is 122 Å². The molecular formula is C15H22F4N2. The molecule has 0 saturated heterocycles. The number of alkyl halides is 3. The van der Waals surface area contributed by atoms with Crippen molar-refractivity contribution in [1.82, 2.24) is 10.6 Å². The predicted octanol–water partition coefficient (Wildman–Crippen LogP) is 3.57. The number of rotatable bonds is 7. The molecule has 1 aromatic carbocycles. The van der Waals surface area contributed by atoms with E-state index in [9.17, 15) is 17.6 Å². The fourth-order valence-corrected chi connectivity index (χ4v) is 1.88. The minimum absolute atomic E-state index is 0.0283. The van der Waals surface area contributed by atoms with Crippen LogP contribution < -0.4 is 10.6 Å². The molecule has 1 unspecified atom stereocenters. The molecule has 6 heteroatoms. The maximum absolute atomic E-state index is 13.8. The van der Waals surface area contributed by atoms with Crippen molar-refractivity contribution in [1.29, 1.82) is 0 Å². The van der Waals surface area contributed by atoms with Gasteiger partial charge >= 0.3 is 6.18 Å². The van der Waals surface area contributed by atoms with Gasteiger partial charge in [0.25, 0.3) is 0 Å². The molecule has 0 amide bonds. The number of nitrogens with one attached hydrogen (secondary N) is 2. The lowest BCUT2D eigenvalue weighted by atomic mass is 10.1. The lowest BCUT2D eigenvalue weighted by Gasteiger charge is -2.17. The molecule has 0 fully saturated rings. The Morgan fingerprint density at radius 1 is 1.10 bits per heavy atom. The summed E-state index contributed by atoms with van der Waals surface area (Å²) < 4.78 is 51.6. The molecule has 0 bridgehead atoms. The van der Waals surface area contributed by atoms with Crippen molar-refractivity contribution in [3.05, 3.63) is 35.1 Å². The first-order valence-corrected chi connectivity index (χ1v) is 7.00. The summed E-state index contributed by atoms with van der Waals surface area (Å²) in [5.74, 6) is -0.669. The molecule has 1 aromatic rings. The van der Waals surface area contributed by atoms with Gasteiger partial charge in [0.2, 0.25) is 0 Å². The quantitative estimate of drug-likeness (QED) is 0.753. The van der Waals surface area contributed by atoms with Crippen LogP contribution in [0.25, 0.3) is 0 Å². The Bertz CT molecular complexity index is 444. The van der Waals surface area contributed by atoms with E-state index in [-0.39, 0.29) is 18.2 Å². The molecule has 1 atom stereocenters. The van der Waals surface area contributed by atoms with E-state index < -0.39 is 17.6 Å². The van der Waals surface area contributed by atoms with Gasteiger partial charge in [-0.05, 0) is 25.5 Å². The molecular weight excluding hydrogens is 284 g/mol. The smallest absolute Gasteiger partial charge is 0.315 e. The minimum Gasteiger partial charge on any atom is -0.315 e. The Morgan fingerprint density at radius 3 is 2.33 bits per heavy atom. The minimum atomic E-state index is -4.66. The lowest BCUT2D eigenvalue weighted by Crippen LogP contribution is -2.37. The summed E-state index contributed by atoms with van der Waals surface area (Å²) >= 11 is 0. The van der Waals surface area contributed by atoms with Crippen LogP contribution in [-0.2, 0) is 12.7 Å². The van der Waals surface area contributed by atoms with E-state index in [1.165, 1.54) is 12.1 Å². The first kappa shape index (κ1) is 17.9. The normalized spacial score (nSPS) is 13.7. The third kappa shape index (κ3) is 6.01. The van der Waals surface area contributed by atoms with Gasteiger partial charge in [-0.3, -0.25) is 0 Å². The fraction of sp³-hybridized carbons (Fsp3) is 0.600. The number of halogens is 4. The standard InChI is InChI=1S/C15H22F4N2/c1-10(2)7-20-8-11(3)21-9-12-5-4-6-13(14(12)16)15(17,18)19/h4-6,10-11,20-21H,7-9H2,1-3H3. The molecule has 2 nitrogen and oxygen atoms in total. The highest BCUT2D eigenvalue weighted by molar-refractivity contribution is 5.28. The third-order valence-corrected chi connectivity index (χ3v) is 3.03. The average Bonchev–Trinajstić information content (AvgIpc) is 2.35. The van der Waals surface area contributed by atoms with Crippen LogP contribution in [0.3, 0.4) is 0 Å². The van der Waals surface area contributed by atoms with Crippen molar-refractivity contribution in [2.45, 2.75) is 39.5 Å². The number of hydrogen-bond acceptors (Lipinski definition) is 2. The highest BCUT2D eigenvalue weighted by Crippen LogP contribution is 2.32. The van der Waals surface area contributed by atoms with Crippen molar-refractivity contribution < 1.29 is 17.6 Å². The largest absolute Gasteiger partial charge is 0.419 e. The van der Waals surface area contributed by atoms with Crippen LogP contribution in [-0.4, -0.2) is 19.1 Å². The molecule has 21 heavy (non-hydrogen) atoms. The number of hydrogen-bond donors (Lipinski definition) is 2. The second kappa shape index (κ2) is 7.75. The van der Waals surface area contributed by atoms with E-state index in [1.54, 1.807) is 0 Å². The molecule has 120 valence electrons. The molecule has 0 radical (unpaired) electrons. The van der Waals surface area contributed by atoms with Gasteiger partial charge in [-0.15, -0.1) is 0 Å². The van der Waals surface area contributed by atoms with Gasteiger partial charge < -0.3 is 10.6 Å². The maximum Gasteiger partial charge on any atom is 0.419 e. The molecule has 0 saturated carbocycles. The van der Waals surface area contributed by atoms with Gasteiger partial charge in [-0.1, -0.05) is 26.0 Å². The van der Waals surface area contributed by atoms with E-state index in [0.717, 1.165) is 12.6 Å². The van der Waals surface area contributed by atoms with Gasteiger partial charge in [0.05, 0.1) is 5.56 Å². The van der Waals surface area contributed by atoms with Crippen LogP contribution in [0.2, 0.25) is 0 Å². The summed E-state index contributed by atoms with van der Waals surface area (Å²) in [4.78, 5) is 0. The second-order valence-corrected chi connectivity index (χ2v) is 5.61. The molecule has 0 aliphatic rings. The van der Waals surface area contributed by atoms with Crippen LogP contribution >= 0.6 is 0 Å². The van der Waals surface area contributed by atoms with Crippen molar-refractivity contribution in [2.75, 3.05) is 13.1 Å². The zero-order valence-corrected chi connectivity index (χ0v) is 12.5. The summed E-state index contributed by atoms with van der Waals surface area (Å²) in [5, 5.41) is 6.26. The van der Waals surface area contributed by atoms with Gasteiger partial charge in [0, 0.05) is 24.7 Å². The molecule has 0 aliphatic carbocycles. The van der Waals surface area contributed by atoms with Crippen molar-refractivity contribution >= 4 is 0 Å². The Balaban J connectivity index is 2.56. The molecule has 0 aromatic heterocycles. The van der Waals surface area contributed by atoms with Crippen LogP contribution in [0.1, 0.15) is 31.9 Å². The number of benzene rings is 1. The summed E-state index contributed by atoms with van der Waals surface area (Å²) in [7, 11) is 0. The van der Waals surface area contributed by atoms with Gasteiger partial charge in [0.15, 0.2) is 0 Å². The monoisotopic (exact) mass is 306 g/mol. The zero-order chi connectivity index (χ0) is 16.0. The Hall–Kier alpha value is -1.14. The molecule has 0 spiro atoms. The van der Waals surface area contributed by atoms with E-state index in [2.05, 4.69) is 24.5 Å². The predicted molar refractivity (Wildman–Crippen MR) is 75.4 cm³/mol. The maximum atomic E-state index is 13.8. The summed E-state index contributed by atoms with van der Waals surface area (Å²) in [6.45, 7) is 7.69. The van der Waals surface area contributed by atoms with Crippen LogP contribution in [0.5, 0.6) is 0 Å². The molecule has 1 rings (SSSR count). The van der Waals surface area contributed by atoms with Crippen molar-refractivity contribution in [3.63, 3.8) is 0 Å². The van der Waals surface area contributed by atoms with Crippen LogP contribution in [0, 0.1) is 11.7 Å². The van der Waals surface area contributed by atoms with Gasteiger partial charge in [-0.2, -0.15) is 13.2 Å². The van der Waals surface area contributed by atoms with E-state index >= 15 is 0 Å². The zero-order valence-electron chi connectivity index (χ0n) is 12.5. The van der Waals surface area contributed by atoms with Crippen molar-refractivity contribution in [2.24, 2.45) is 5.92 Å².